The molecule has 0 spiro atoms. The molecule has 28 heavy (non-hydrogen) atoms. The summed E-state index contributed by atoms with van der Waals surface area (Å²) in [5, 5.41) is 4.47. The van der Waals surface area contributed by atoms with Crippen LogP contribution in [0.25, 0.3) is 0 Å². The van der Waals surface area contributed by atoms with Gasteiger partial charge in [0.15, 0.2) is 0 Å². The quantitative estimate of drug-likeness (QED) is 0.490. The van der Waals surface area contributed by atoms with Crippen LogP contribution in [0.15, 0.2) is 58.2 Å². The second-order valence-electron chi connectivity index (χ2n) is 6.03. The van der Waals surface area contributed by atoms with E-state index in [9.17, 15) is 9.59 Å². The number of amides is 2. The molecule has 2 heterocycles. The molecule has 0 fully saturated rings. The summed E-state index contributed by atoms with van der Waals surface area (Å²) in [5.41, 5.74) is 7.63. The molecule has 7 nitrogen and oxygen atoms in total. The van der Waals surface area contributed by atoms with Crippen LogP contribution in [0.5, 0.6) is 0 Å². The molecule has 2 N–H and O–H groups in total. The van der Waals surface area contributed by atoms with E-state index in [-0.39, 0.29) is 5.91 Å². The second-order valence-corrected chi connectivity index (χ2v) is 7.00. The number of aryl methyl sites for hydroxylation is 2. The van der Waals surface area contributed by atoms with Crippen molar-refractivity contribution in [3.63, 3.8) is 0 Å². The predicted molar refractivity (Wildman–Crippen MR) is 106 cm³/mol. The molecule has 144 valence electrons. The van der Waals surface area contributed by atoms with E-state index in [0.29, 0.717) is 21.9 Å². The Labute approximate surface area is 166 Å². The molecule has 2 aromatic heterocycles. The van der Waals surface area contributed by atoms with Crippen LogP contribution in [-0.2, 0) is 12.2 Å². The topological polar surface area (TPSA) is 97.1 Å². The fraction of sp³-hybridized carbons (Fsp3) is 0.200. The number of hydrogen-bond donors (Lipinski definition) is 2. The molecule has 0 saturated heterocycles. The molecule has 0 aliphatic rings. The zero-order valence-electron chi connectivity index (χ0n) is 15.6. The lowest BCUT2D eigenvalue weighted by molar-refractivity contribution is 0.0844. The summed E-state index contributed by atoms with van der Waals surface area (Å²) in [6.07, 6.45) is 2.51. The molecule has 0 bridgehead atoms. The van der Waals surface area contributed by atoms with Gasteiger partial charge in [-0.25, -0.2) is 4.98 Å². The molecular formula is C20H20N4O3S. The number of carbonyl (C=O) groups is 2. The molecule has 1 aromatic carbocycles. The Morgan fingerprint density at radius 1 is 1.11 bits per heavy atom. The van der Waals surface area contributed by atoms with Crippen LogP contribution >= 0.6 is 11.8 Å². The Morgan fingerprint density at radius 2 is 1.86 bits per heavy atom. The molecule has 2 amide bonds. The number of hydrazine groups is 1. The van der Waals surface area contributed by atoms with Crippen molar-refractivity contribution in [1.29, 1.82) is 0 Å². The predicted octanol–water partition coefficient (Wildman–Crippen LogP) is 3.31. The zero-order chi connectivity index (χ0) is 19.9. The number of hydrogen-bond acceptors (Lipinski definition) is 6. The Kier molecular flexibility index (Phi) is 6.44. The van der Waals surface area contributed by atoms with Gasteiger partial charge in [0.05, 0.1) is 11.3 Å². The van der Waals surface area contributed by atoms with Crippen molar-refractivity contribution in [3.05, 3.63) is 76.8 Å². The Morgan fingerprint density at radius 3 is 2.54 bits per heavy atom. The minimum atomic E-state index is -0.439. The van der Waals surface area contributed by atoms with E-state index in [0.717, 1.165) is 23.4 Å². The normalized spacial score (nSPS) is 10.5. The van der Waals surface area contributed by atoms with Crippen molar-refractivity contribution in [3.8, 4) is 0 Å². The summed E-state index contributed by atoms with van der Waals surface area (Å²) >= 11 is 1.37. The summed E-state index contributed by atoms with van der Waals surface area (Å²) in [6.45, 7) is 3.86. The second kappa shape index (κ2) is 9.18. The van der Waals surface area contributed by atoms with Gasteiger partial charge in [-0.05, 0) is 43.2 Å². The van der Waals surface area contributed by atoms with Crippen LogP contribution in [0, 0.1) is 6.92 Å². The molecule has 0 aliphatic heterocycles. The van der Waals surface area contributed by atoms with E-state index in [4.69, 9.17) is 4.52 Å². The fourth-order valence-corrected chi connectivity index (χ4v) is 3.32. The van der Waals surface area contributed by atoms with Gasteiger partial charge in [0.25, 0.3) is 11.8 Å². The molecule has 0 radical (unpaired) electrons. The highest BCUT2D eigenvalue weighted by Gasteiger charge is 2.15. The highest BCUT2D eigenvalue weighted by atomic mass is 32.2. The van der Waals surface area contributed by atoms with Gasteiger partial charge >= 0.3 is 0 Å². The molecule has 0 aliphatic carbocycles. The highest BCUT2D eigenvalue weighted by molar-refractivity contribution is 7.98. The van der Waals surface area contributed by atoms with Gasteiger partial charge in [-0.1, -0.05) is 36.0 Å². The number of rotatable bonds is 6. The third-order valence-corrected chi connectivity index (χ3v) is 5.00. The summed E-state index contributed by atoms with van der Waals surface area (Å²) in [5.74, 6) is 0.423. The van der Waals surface area contributed by atoms with Gasteiger partial charge in [-0.2, -0.15) is 0 Å². The number of thioether (sulfide) groups is 1. The van der Waals surface area contributed by atoms with Crippen molar-refractivity contribution in [2.24, 2.45) is 0 Å². The average Bonchev–Trinajstić information content (AvgIpc) is 3.15. The molecular weight excluding hydrogens is 376 g/mol. The number of benzene rings is 1. The maximum absolute atomic E-state index is 12.5. The van der Waals surface area contributed by atoms with Crippen molar-refractivity contribution in [2.75, 3.05) is 0 Å². The Bertz CT molecular complexity index is 970. The molecule has 0 atom stereocenters. The van der Waals surface area contributed by atoms with E-state index in [1.165, 1.54) is 11.8 Å². The first-order valence-corrected chi connectivity index (χ1v) is 9.75. The minimum Gasteiger partial charge on any atom is -0.361 e. The minimum absolute atomic E-state index is 0.370. The summed E-state index contributed by atoms with van der Waals surface area (Å²) in [6, 6.07) is 12.4. The van der Waals surface area contributed by atoms with E-state index in [2.05, 4.69) is 21.0 Å². The lowest BCUT2D eigenvalue weighted by atomic mass is 10.1. The first-order valence-electron chi connectivity index (χ1n) is 8.76. The first kappa shape index (κ1) is 19.6. The highest BCUT2D eigenvalue weighted by Crippen LogP contribution is 2.24. The maximum Gasteiger partial charge on any atom is 0.272 e. The first-order chi connectivity index (χ1) is 13.6. The number of nitrogens with one attached hydrogen (secondary N) is 2. The zero-order valence-corrected chi connectivity index (χ0v) is 16.4. The van der Waals surface area contributed by atoms with E-state index >= 15 is 0 Å². The largest absolute Gasteiger partial charge is 0.361 e. The van der Waals surface area contributed by atoms with Gasteiger partial charge in [-0.15, -0.1) is 0 Å². The van der Waals surface area contributed by atoms with Crippen LogP contribution in [0.4, 0.5) is 0 Å². The van der Waals surface area contributed by atoms with Crippen LogP contribution in [0.1, 0.15) is 44.7 Å². The van der Waals surface area contributed by atoms with Crippen LogP contribution in [0.2, 0.25) is 0 Å². The van der Waals surface area contributed by atoms with Gasteiger partial charge in [0.2, 0.25) is 0 Å². The van der Waals surface area contributed by atoms with E-state index in [1.807, 2.05) is 32.0 Å². The van der Waals surface area contributed by atoms with Crippen LogP contribution in [0.3, 0.4) is 0 Å². The van der Waals surface area contributed by atoms with Crippen molar-refractivity contribution >= 4 is 23.6 Å². The number of nitrogens with zero attached hydrogens (tertiary/aromatic N) is 2. The summed E-state index contributed by atoms with van der Waals surface area (Å²) in [7, 11) is 0. The number of aromatic nitrogens is 2. The summed E-state index contributed by atoms with van der Waals surface area (Å²) in [4.78, 5) is 29.0. The standard InChI is InChI=1S/C20H20N4O3S/c1-3-14-6-8-15(9-7-14)18(25)22-23-19(26)17-5-4-10-21-20(17)28-12-16-11-13(2)27-24-16/h4-11H,3,12H2,1-2H3,(H,22,25)(H,23,26). The van der Waals surface area contributed by atoms with E-state index < -0.39 is 5.91 Å². The van der Waals surface area contributed by atoms with Gasteiger partial charge in [-0.3, -0.25) is 20.4 Å². The molecule has 3 aromatic rings. The maximum atomic E-state index is 12.5. The van der Waals surface area contributed by atoms with Crippen molar-refractivity contribution in [1.82, 2.24) is 21.0 Å². The monoisotopic (exact) mass is 396 g/mol. The average molecular weight is 396 g/mol. The smallest absolute Gasteiger partial charge is 0.272 e. The third kappa shape index (κ3) is 4.98. The van der Waals surface area contributed by atoms with Crippen LogP contribution in [-0.4, -0.2) is 22.0 Å². The number of pyridine rings is 1. The van der Waals surface area contributed by atoms with E-state index in [1.54, 1.807) is 30.5 Å². The Hall–Kier alpha value is -3.13. The molecule has 3 rings (SSSR count). The van der Waals surface area contributed by atoms with Gasteiger partial charge < -0.3 is 4.52 Å². The fourth-order valence-electron chi connectivity index (χ4n) is 2.45. The van der Waals surface area contributed by atoms with Crippen molar-refractivity contribution < 1.29 is 14.1 Å². The SMILES string of the molecule is CCc1ccc(C(=O)NNC(=O)c2cccnc2SCc2cc(C)on2)cc1. The van der Waals surface area contributed by atoms with Crippen molar-refractivity contribution in [2.45, 2.75) is 31.0 Å². The third-order valence-electron chi connectivity index (χ3n) is 3.96. The van der Waals surface area contributed by atoms with Crippen LogP contribution < -0.4 is 10.9 Å². The lowest BCUT2D eigenvalue weighted by Crippen LogP contribution is -2.41. The molecule has 0 unspecified atom stereocenters. The summed E-state index contributed by atoms with van der Waals surface area (Å²) < 4.78 is 5.04. The molecule has 0 saturated carbocycles. The molecule has 8 heteroatoms. The number of carbonyl (C=O) groups excluding carboxylic acids is 2. The Balaban J connectivity index is 1.61. The lowest BCUT2D eigenvalue weighted by Gasteiger charge is -2.10. The van der Waals surface area contributed by atoms with Gasteiger partial charge in [0.1, 0.15) is 10.8 Å². The van der Waals surface area contributed by atoms with Gasteiger partial charge in [0, 0.05) is 23.6 Å².